The molecule has 7 heteroatoms. The average molecular weight is 299 g/mol. The first-order valence-electron chi connectivity index (χ1n) is 6.45. The number of carboxylic acids is 1. The van der Waals surface area contributed by atoms with Crippen LogP contribution in [0.25, 0.3) is 0 Å². The lowest BCUT2D eigenvalue weighted by Crippen LogP contribution is -2.57. The Labute approximate surface area is 122 Å². The molecule has 0 aliphatic heterocycles. The van der Waals surface area contributed by atoms with Crippen LogP contribution in [0.15, 0.2) is 11.6 Å². The average Bonchev–Trinajstić information content (AvgIpc) is 2.81. The summed E-state index contributed by atoms with van der Waals surface area (Å²) in [4.78, 5) is 27.5. The molecule has 1 atom stereocenters. The Bertz CT molecular complexity index is 473. The number of carbonyl (C=O) groups is 2. The topological polar surface area (TPSA) is 91.3 Å². The van der Waals surface area contributed by atoms with E-state index in [2.05, 4.69) is 15.6 Å². The van der Waals surface area contributed by atoms with E-state index in [0.29, 0.717) is 12.8 Å². The first kappa shape index (κ1) is 16.4. The molecular formula is C13H21N3O3S. The number of thiazole rings is 1. The molecule has 1 aromatic heterocycles. The second-order valence-corrected chi connectivity index (χ2v) is 6.32. The van der Waals surface area contributed by atoms with Crippen molar-refractivity contribution in [3.8, 4) is 0 Å². The van der Waals surface area contributed by atoms with Gasteiger partial charge in [0.2, 0.25) is 0 Å². The number of nitrogens with one attached hydrogen (secondary N) is 2. The van der Waals surface area contributed by atoms with Crippen LogP contribution in [0.4, 0.5) is 4.79 Å². The van der Waals surface area contributed by atoms with Gasteiger partial charge in [0.05, 0.1) is 5.54 Å². The molecule has 1 aromatic rings. The maximum Gasteiger partial charge on any atom is 0.329 e. The van der Waals surface area contributed by atoms with E-state index in [0.717, 1.165) is 5.01 Å². The van der Waals surface area contributed by atoms with Gasteiger partial charge in [-0.1, -0.05) is 13.3 Å². The Kier molecular flexibility index (Phi) is 5.10. The zero-order valence-corrected chi connectivity index (χ0v) is 13.0. The standard InChI is InChI=1S/C13H21N3O3S/c1-5-6-13(4,10(17)18)16-11(19)15-12(2,3)9-14-7-8-20-9/h7-8H,5-6H2,1-4H3,(H,17,18)(H2,15,16,19). The van der Waals surface area contributed by atoms with Gasteiger partial charge in [-0.05, 0) is 27.2 Å². The van der Waals surface area contributed by atoms with E-state index >= 15 is 0 Å². The monoisotopic (exact) mass is 299 g/mol. The molecule has 1 heterocycles. The number of rotatable bonds is 6. The summed E-state index contributed by atoms with van der Waals surface area (Å²) in [5.74, 6) is -1.04. The molecule has 0 aliphatic rings. The van der Waals surface area contributed by atoms with Gasteiger partial charge in [-0.25, -0.2) is 14.6 Å². The van der Waals surface area contributed by atoms with E-state index in [4.69, 9.17) is 0 Å². The van der Waals surface area contributed by atoms with Crippen LogP contribution >= 0.6 is 11.3 Å². The van der Waals surface area contributed by atoms with Crippen LogP contribution in [0, 0.1) is 0 Å². The molecule has 0 aromatic carbocycles. The molecule has 0 saturated heterocycles. The predicted octanol–water partition coefficient (Wildman–Crippen LogP) is 2.32. The molecule has 0 saturated carbocycles. The minimum absolute atomic E-state index is 0.368. The van der Waals surface area contributed by atoms with Crippen LogP contribution in [0.1, 0.15) is 45.5 Å². The van der Waals surface area contributed by atoms with Gasteiger partial charge < -0.3 is 15.7 Å². The van der Waals surface area contributed by atoms with E-state index < -0.39 is 23.1 Å². The molecule has 0 spiro atoms. The molecule has 3 N–H and O–H groups in total. The minimum Gasteiger partial charge on any atom is -0.480 e. The number of hydrogen-bond acceptors (Lipinski definition) is 4. The molecule has 1 unspecified atom stereocenters. The van der Waals surface area contributed by atoms with Gasteiger partial charge in [0.25, 0.3) is 0 Å². The fraction of sp³-hybridized carbons (Fsp3) is 0.615. The van der Waals surface area contributed by atoms with Crippen LogP contribution in [0.3, 0.4) is 0 Å². The molecule has 112 valence electrons. The van der Waals surface area contributed by atoms with Gasteiger partial charge in [-0.2, -0.15) is 0 Å². The predicted molar refractivity (Wildman–Crippen MR) is 77.8 cm³/mol. The van der Waals surface area contributed by atoms with Crippen molar-refractivity contribution in [3.05, 3.63) is 16.6 Å². The van der Waals surface area contributed by atoms with Crippen molar-refractivity contribution in [2.45, 2.75) is 51.6 Å². The molecular weight excluding hydrogens is 278 g/mol. The molecule has 6 nitrogen and oxygen atoms in total. The summed E-state index contributed by atoms with van der Waals surface area (Å²) in [5, 5.41) is 17.1. The number of nitrogens with zero attached hydrogens (tertiary/aromatic N) is 1. The number of urea groups is 1. The zero-order valence-electron chi connectivity index (χ0n) is 12.2. The summed E-state index contributed by atoms with van der Waals surface area (Å²) in [6.45, 7) is 7.03. The third kappa shape index (κ3) is 3.93. The van der Waals surface area contributed by atoms with Gasteiger partial charge >= 0.3 is 12.0 Å². The molecule has 0 fully saturated rings. The van der Waals surface area contributed by atoms with Crippen molar-refractivity contribution in [2.24, 2.45) is 0 Å². The van der Waals surface area contributed by atoms with Crippen molar-refractivity contribution in [1.29, 1.82) is 0 Å². The summed E-state index contributed by atoms with van der Waals surface area (Å²) < 4.78 is 0. The SMILES string of the molecule is CCCC(C)(NC(=O)NC(C)(C)c1nccs1)C(=O)O. The summed E-state index contributed by atoms with van der Waals surface area (Å²) in [6, 6.07) is -0.511. The van der Waals surface area contributed by atoms with Crippen LogP contribution in [-0.4, -0.2) is 27.6 Å². The molecule has 20 heavy (non-hydrogen) atoms. The summed E-state index contributed by atoms with van der Waals surface area (Å²) in [7, 11) is 0. The van der Waals surface area contributed by atoms with Crippen molar-refractivity contribution >= 4 is 23.3 Å². The Morgan fingerprint density at radius 1 is 1.35 bits per heavy atom. The lowest BCUT2D eigenvalue weighted by molar-refractivity contribution is -0.144. The Hall–Kier alpha value is -1.63. The third-order valence-corrected chi connectivity index (χ3v) is 4.10. The summed E-state index contributed by atoms with van der Waals surface area (Å²) >= 11 is 1.44. The Morgan fingerprint density at radius 3 is 2.45 bits per heavy atom. The molecule has 0 bridgehead atoms. The number of carboxylic acid groups (broad SMARTS) is 1. The maximum atomic E-state index is 12.0. The van der Waals surface area contributed by atoms with Gasteiger partial charge in [0.1, 0.15) is 10.5 Å². The van der Waals surface area contributed by atoms with Crippen LogP contribution in [0.2, 0.25) is 0 Å². The van der Waals surface area contributed by atoms with E-state index in [1.54, 1.807) is 6.20 Å². The van der Waals surface area contributed by atoms with Crippen molar-refractivity contribution < 1.29 is 14.7 Å². The van der Waals surface area contributed by atoms with Crippen LogP contribution in [0.5, 0.6) is 0 Å². The van der Waals surface area contributed by atoms with Gasteiger partial charge in [-0.3, -0.25) is 0 Å². The number of amides is 2. The molecule has 1 rings (SSSR count). The molecule has 2 amide bonds. The number of aliphatic carboxylic acids is 1. The lowest BCUT2D eigenvalue weighted by Gasteiger charge is -2.29. The van der Waals surface area contributed by atoms with Crippen molar-refractivity contribution in [3.63, 3.8) is 0 Å². The van der Waals surface area contributed by atoms with E-state index in [1.807, 2.05) is 26.2 Å². The van der Waals surface area contributed by atoms with Crippen LogP contribution in [-0.2, 0) is 10.3 Å². The van der Waals surface area contributed by atoms with E-state index in [-0.39, 0.29) is 0 Å². The smallest absolute Gasteiger partial charge is 0.329 e. The summed E-state index contributed by atoms with van der Waals surface area (Å²) in [6.07, 6.45) is 2.70. The van der Waals surface area contributed by atoms with Gasteiger partial charge in [-0.15, -0.1) is 11.3 Å². The maximum absolute atomic E-state index is 12.0. The first-order valence-corrected chi connectivity index (χ1v) is 7.33. The minimum atomic E-state index is -1.27. The highest BCUT2D eigenvalue weighted by molar-refractivity contribution is 7.09. The van der Waals surface area contributed by atoms with Crippen molar-refractivity contribution in [2.75, 3.05) is 0 Å². The van der Waals surface area contributed by atoms with Crippen molar-refractivity contribution in [1.82, 2.24) is 15.6 Å². The Morgan fingerprint density at radius 2 is 2.00 bits per heavy atom. The lowest BCUT2D eigenvalue weighted by atomic mass is 9.96. The van der Waals surface area contributed by atoms with E-state index in [1.165, 1.54) is 18.3 Å². The van der Waals surface area contributed by atoms with Gasteiger partial charge in [0.15, 0.2) is 0 Å². The van der Waals surface area contributed by atoms with Gasteiger partial charge in [0, 0.05) is 11.6 Å². The Balaban J connectivity index is 2.74. The largest absolute Gasteiger partial charge is 0.480 e. The highest BCUT2D eigenvalue weighted by Gasteiger charge is 2.35. The third-order valence-electron chi connectivity index (χ3n) is 3.00. The normalized spacial score (nSPS) is 14.4. The second-order valence-electron chi connectivity index (χ2n) is 5.43. The van der Waals surface area contributed by atoms with Crippen LogP contribution < -0.4 is 10.6 Å². The molecule has 0 aliphatic carbocycles. The zero-order chi connectivity index (χ0) is 15.4. The van der Waals surface area contributed by atoms with E-state index in [9.17, 15) is 14.7 Å². The fourth-order valence-corrected chi connectivity index (χ4v) is 2.59. The highest BCUT2D eigenvalue weighted by atomic mass is 32.1. The highest BCUT2D eigenvalue weighted by Crippen LogP contribution is 2.22. The first-order chi connectivity index (χ1) is 9.21. The number of hydrogen-bond donors (Lipinski definition) is 3. The second kappa shape index (κ2) is 6.21. The number of aromatic nitrogens is 1. The molecule has 0 radical (unpaired) electrons. The number of carbonyl (C=O) groups excluding carboxylic acids is 1. The summed E-state index contributed by atoms with van der Waals surface area (Å²) in [5.41, 5.74) is -1.92. The fourth-order valence-electron chi connectivity index (χ4n) is 1.87. The quantitative estimate of drug-likeness (QED) is 0.751.